The van der Waals surface area contributed by atoms with Crippen molar-refractivity contribution in [3.05, 3.63) is 23.9 Å². The van der Waals surface area contributed by atoms with E-state index in [4.69, 9.17) is 0 Å². The van der Waals surface area contributed by atoms with Crippen LogP contribution < -0.4 is 10.0 Å². The van der Waals surface area contributed by atoms with Crippen LogP contribution in [-0.4, -0.2) is 26.0 Å². The molecule has 1 aromatic heterocycles. The van der Waals surface area contributed by atoms with Gasteiger partial charge in [-0.25, -0.2) is 18.1 Å². The third-order valence-corrected chi connectivity index (χ3v) is 5.40. The van der Waals surface area contributed by atoms with Gasteiger partial charge >= 0.3 is 0 Å². The van der Waals surface area contributed by atoms with Gasteiger partial charge < -0.3 is 5.32 Å². The zero-order chi connectivity index (χ0) is 14.2. The molecule has 110 valence electrons. The molecule has 0 amide bonds. The Morgan fingerprint density at radius 3 is 2.65 bits per heavy atom. The molecule has 2 unspecified atom stereocenters. The highest BCUT2D eigenvalue weighted by atomic mass is 32.2. The number of aromatic nitrogens is 1. The fourth-order valence-corrected chi connectivity index (χ4v) is 3.22. The number of nitrogens with zero attached hydrogens (tertiary/aromatic N) is 1. The van der Waals surface area contributed by atoms with Gasteiger partial charge in [-0.05, 0) is 42.7 Å². The molecule has 1 aromatic rings. The Labute approximate surface area is 120 Å². The number of pyridine rings is 1. The first kappa shape index (κ1) is 14.0. The van der Waals surface area contributed by atoms with Crippen molar-refractivity contribution in [2.24, 2.45) is 11.8 Å². The average Bonchev–Trinajstić information content (AvgIpc) is 3.33. The molecule has 20 heavy (non-hydrogen) atoms. The second-order valence-corrected chi connectivity index (χ2v) is 7.70. The molecule has 6 heteroatoms. The SMILES string of the molecule is CC1CC1CNS(=O)(=O)c1ccc(CNC2CC2)cn1. The van der Waals surface area contributed by atoms with Crippen LogP contribution in [0.4, 0.5) is 0 Å². The number of rotatable bonds is 7. The Morgan fingerprint density at radius 2 is 2.10 bits per heavy atom. The Bertz CT molecular complexity index is 567. The van der Waals surface area contributed by atoms with Gasteiger partial charge in [-0.3, -0.25) is 0 Å². The van der Waals surface area contributed by atoms with Gasteiger partial charge in [0.05, 0.1) is 0 Å². The predicted molar refractivity (Wildman–Crippen MR) is 76.6 cm³/mol. The molecule has 0 saturated heterocycles. The molecule has 0 aliphatic heterocycles. The van der Waals surface area contributed by atoms with Gasteiger partial charge in [0, 0.05) is 25.3 Å². The molecule has 5 nitrogen and oxygen atoms in total. The molecular formula is C14H21N3O2S. The molecular weight excluding hydrogens is 274 g/mol. The first-order chi connectivity index (χ1) is 9.54. The summed E-state index contributed by atoms with van der Waals surface area (Å²) in [6.07, 6.45) is 5.23. The summed E-state index contributed by atoms with van der Waals surface area (Å²) < 4.78 is 26.8. The third-order valence-electron chi connectivity index (χ3n) is 4.06. The highest BCUT2D eigenvalue weighted by Crippen LogP contribution is 2.37. The zero-order valence-corrected chi connectivity index (χ0v) is 12.5. The Hall–Kier alpha value is -0.980. The van der Waals surface area contributed by atoms with Crippen molar-refractivity contribution >= 4 is 10.0 Å². The molecule has 2 aliphatic rings. The molecule has 2 saturated carbocycles. The van der Waals surface area contributed by atoms with Gasteiger partial charge in [0.2, 0.25) is 0 Å². The van der Waals surface area contributed by atoms with E-state index in [0.29, 0.717) is 24.4 Å². The summed E-state index contributed by atoms with van der Waals surface area (Å²) >= 11 is 0. The molecule has 0 spiro atoms. The monoisotopic (exact) mass is 295 g/mol. The summed E-state index contributed by atoms with van der Waals surface area (Å²) in [7, 11) is -3.46. The van der Waals surface area contributed by atoms with E-state index in [-0.39, 0.29) is 5.03 Å². The maximum absolute atomic E-state index is 12.1. The summed E-state index contributed by atoms with van der Waals surface area (Å²) in [5.74, 6) is 1.13. The van der Waals surface area contributed by atoms with E-state index >= 15 is 0 Å². The van der Waals surface area contributed by atoms with Gasteiger partial charge in [0.1, 0.15) is 0 Å². The van der Waals surface area contributed by atoms with Crippen LogP contribution in [0.25, 0.3) is 0 Å². The van der Waals surface area contributed by atoms with Crippen molar-refractivity contribution < 1.29 is 8.42 Å². The lowest BCUT2D eigenvalue weighted by Crippen LogP contribution is -2.27. The van der Waals surface area contributed by atoms with E-state index in [1.807, 2.05) is 6.07 Å². The topological polar surface area (TPSA) is 71.1 Å². The fraction of sp³-hybridized carbons (Fsp3) is 0.643. The van der Waals surface area contributed by atoms with Crippen molar-refractivity contribution in [1.82, 2.24) is 15.0 Å². The van der Waals surface area contributed by atoms with Crippen LogP contribution in [0.15, 0.2) is 23.4 Å². The van der Waals surface area contributed by atoms with Gasteiger partial charge in [0.25, 0.3) is 10.0 Å². The summed E-state index contributed by atoms with van der Waals surface area (Å²) in [6.45, 7) is 3.42. The molecule has 2 N–H and O–H groups in total. The number of sulfonamides is 1. The predicted octanol–water partition coefficient (Wildman–Crippen LogP) is 1.27. The lowest BCUT2D eigenvalue weighted by atomic mass is 10.3. The van der Waals surface area contributed by atoms with E-state index in [1.165, 1.54) is 12.8 Å². The van der Waals surface area contributed by atoms with Crippen LogP contribution >= 0.6 is 0 Å². The van der Waals surface area contributed by atoms with E-state index in [1.54, 1.807) is 12.3 Å². The molecule has 0 aromatic carbocycles. The second-order valence-electron chi connectivity index (χ2n) is 5.98. The van der Waals surface area contributed by atoms with Crippen LogP contribution in [0.5, 0.6) is 0 Å². The number of nitrogens with one attached hydrogen (secondary N) is 2. The number of hydrogen-bond donors (Lipinski definition) is 2. The standard InChI is InChI=1S/C14H21N3O2S/c1-10-6-12(10)9-17-20(18,19)14-5-2-11(8-16-14)7-15-13-3-4-13/h2,5,8,10,12-13,15,17H,3-4,6-7,9H2,1H3. The molecule has 3 rings (SSSR count). The molecule has 0 radical (unpaired) electrons. The summed E-state index contributed by atoms with van der Waals surface area (Å²) in [6, 6.07) is 4.06. The lowest BCUT2D eigenvalue weighted by molar-refractivity contribution is 0.570. The quantitative estimate of drug-likeness (QED) is 0.794. The smallest absolute Gasteiger partial charge is 0.258 e. The van der Waals surface area contributed by atoms with Gasteiger partial charge in [-0.2, -0.15) is 0 Å². The summed E-state index contributed by atoms with van der Waals surface area (Å²) in [5, 5.41) is 3.49. The molecule has 0 bridgehead atoms. The van der Waals surface area contributed by atoms with Crippen molar-refractivity contribution in [3.8, 4) is 0 Å². The first-order valence-corrected chi connectivity index (χ1v) is 8.71. The second kappa shape index (κ2) is 5.42. The largest absolute Gasteiger partial charge is 0.310 e. The van der Waals surface area contributed by atoms with Crippen molar-refractivity contribution in [1.29, 1.82) is 0 Å². The van der Waals surface area contributed by atoms with Crippen LogP contribution in [-0.2, 0) is 16.6 Å². The van der Waals surface area contributed by atoms with Gasteiger partial charge in [-0.15, -0.1) is 0 Å². The van der Waals surface area contributed by atoms with Gasteiger partial charge in [0.15, 0.2) is 5.03 Å². The highest BCUT2D eigenvalue weighted by Gasteiger charge is 2.33. The first-order valence-electron chi connectivity index (χ1n) is 7.22. The maximum atomic E-state index is 12.1. The van der Waals surface area contributed by atoms with Crippen molar-refractivity contribution in [2.45, 2.75) is 43.8 Å². The Kier molecular flexibility index (Phi) is 3.79. The minimum absolute atomic E-state index is 0.112. The molecule has 2 fully saturated rings. The van der Waals surface area contributed by atoms with Crippen LogP contribution in [0.1, 0.15) is 31.7 Å². The van der Waals surface area contributed by atoms with E-state index in [2.05, 4.69) is 21.9 Å². The molecule has 2 atom stereocenters. The van der Waals surface area contributed by atoms with Crippen LogP contribution in [0.3, 0.4) is 0 Å². The van der Waals surface area contributed by atoms with Crippen LogP contribution in [0, 0.1) is 11.8 Å². The van der Waals surface area contributed by atoms with Crippen LogP contribution in [0.2, 0.25) is 0 Å². The maximum Gasteiger partial charge on any atom is 0.258 e. The van der Waals surface area contributed by atoms with E-state index in [0.717, 1.165) is 18.5 Å². The highest BCUT2D eigenvalue weighted by molar-refractivity contribution is 7.89. The van der Waals surface area contributed by atoms with Gasteiger partial charge in [-0.1, -0.05) is 13.0 Å². The minimum Gasteiger partial charge on any atom is -0.310 e. The number of hydrogen-bond acceptors (Lipinski definition) is 4. The summed E-state index contributed by atoms with van der Waals surface area (Å²) in [5.41, 5.74) is 1.02. The average molecular weight is 295 g/mol. The lowest BCUT2D eigenvalue weighted by Gasteiger charge is -2.07. The molecule has 2 aliphatic carbocycles. The summed E-state index contributed by atoms with van der Waals surface area (Å²) in [4.78, 5) is 4.08. The zero-order valence-electron chi connectivity index (χ0n) is 11.7. The Balaban J connectivity index is 1.57. The fourth-order valence-electron chi connectivity index (χ4n) is 2.20. The van der Waals surface area contributed by atoms with Crippen molar-refractivity contribution in [2.75, 3.05) is 6.54 Å². The normalized spacial score (nSPS) is 25.6. The van der Waals surface area contributed by atoms with Crippen molar-refractivity contribution in [3.63, 3.8) is 0 Å². The van der Waals surface area contributed by atoms with E-state index in [9.17, 15) is 8.42 Å². The molecule has 1 heterocycles. The Morgan fingerprint density at radius 1 is 1.35 bits per heavy atom. The minimum atomic E-state index is -3.46. The van der Waals surface area contributed by atoms with E-state index < -0.39 is 10.0 Å². The third kappa shape index (κ3) is 3.56.